The normalized spacial score (nSPS) is 11.8. The lowest BCUT2D eigenvalue weighted by atomic mass is 10.1. The van der Waals surface area contributed by atoms with E-state index in [1.165, 1.54) is 17.6 Å². The zero-order chi connectivity index (χ0) is 20.5. The van der Waals surface area contributed by atoms with Crippen molar-refractivity contribution in [2.75, 3.05) is 5.32 Å². The number of hydrogen-bond donors (Lipinski definition) is 2. The minimum Gasteiger partial charge on any atom is -0.459 e. The Balaban J connectivity index is 1.67. The zero-order valence-electron chi connectivity index (χ0n) is 16.3. The highest BCUT2D eigenvalue weighted by Gasteiger charge is 2.24. The first-order valence-corrected chi connectivity index (χ1v) is 10.5. The fourth-order valence-electron chi connectivity index (χ4n) is 2.82. The minimum absolute atomic E-state index is 0.157. The molecule has 1 aromatic carbocycles. The molecule has 3 rings (SSSR count). The molecule has 0 saturated heterocycles. The maximum Gasteiger partial charge on any atom is 0.287 e. The predicted molar refractivity (Wildman–Crippen MR) is 112 cm³/mol. The number of carbonyl (C=O) groups is 2. The van der Waals surface area contributed by atoms with E-state index in [2.05, 4.69) is 27.8 Å². The van der Waals surface area contributed by atoms with Crippen LogP contribution in [0.15, 0.2) is 53.1 Å². The quantitative estimate of drug-likeness (QED) is 0.493. The van der Waals surface area contributed by atoms with Crippen molar-refractivity contribution in [2.24, 2.45) is 0 Å². The summed E-state index contributed by atoms with van der Waals surface area (Å²) in [4.78, 5) is 25.3. The Kier molecular flexibility index (Phi) is 7.52. The Morgan fingerprint density at radius 2 is 1.93 bits per heavy atom. The van der Waals surface area contributed by atoms with Crippen LogP contribution >= 0.6 is 11.3 Å². The minimum atomic E-state index is -0.776. The van der Waals surface area contributed by atoms with E-state index in [4.69, 9.17) is 4.42 Å². The van der Waals surface area contributed by atoms with Crippen LogP contribution in [0.3, 0.4) is 0 Å². The summed E-state index contributed by atoms with van der Waals surface area (Å²) < 4.78 is 5.13. The molecule has 2 heterocycles. The van der Waals surface area contributed by atoms with Crippen LogP contribution in [0, 0.1) is 0 Å². The average molecular weight is 413 g/mol. The number of anilines is 1. The summed E-state index contributed by atoms with van der Waals surface area (Å²) in [6, 6.07) is 11.9. The number of nitrogens with one attached hydrogen (secondary N) is 2. The molecule has 0 bridgehead atoms. The molecule has 0 aliphatic heterocycles. The first kappa shape index (κ1) is 20.7. The highest BCUT2D eigenvalue weighted by molar-refractivity contribution is 7.15. The molecular formula is C21H24N4O3S. The molecule has 8 heteroatoms. The summed E-state index contributed by atoms with van der Waals surface area (Å²) in [7, 11) is 0. The fraction of sp³-hybridized carbons (Fsp3) is 0.333. The van der Waals surface area contributed by atoms with Gasteiger partial charge >= 0.3 is 0 Å². The Morgan fingerprint density at radius 3 is 2.66 bits per heavy atom. The van der Waals surface area contributed by atoms with Crippen molar-refractivity contribution in [3.8, 4) is 0 Å². The standard InChI is InChI=1S/C21H24N4O3S/c1-2-3-5-12-18-24-25-21(29-18)23-19(26)16(14-15-9-6-4-7-10-15)22-20(27)17-11-8-13-28-17/h4,6-11,13,16H,2-3,5,12,14H2,1H3,(H,22,27)(H,23,25,26). The molecule has 152 valence electrons. The second kappa shape index (κ2) is 10.5. The number of unbranched alkanes of at least 4 members (excludes halogenated alkanes) is 2. The molecule has 1 atom stereocenters. The summed E-state index contributed by atoms with van der Waals surface area (Å²) in [5.41, 5.74) is 0.935. The number of amides is 2. The van der Waals surface area contributed by atoms with Crippen LogP contribution in [0.1, 0.15) is 47.3 Å². The molecule has 0 saturated carbocycles. The molecule has 0 spiro atoms. The van der Waals surface area contributed by atoms with Crippen LogP contribution in [0.4, 0.5) is 5.13 Å². The number of carbonyl (C=O) groups excluding carboxylic acids is 2. The van der Waals surface area contributed by atoms with Crippen molar-refractivity contribution in [1.29, 1.82) is 0 Å². The van der Waals surface area contributed by atoms with Crippen LogP contribution in [-0.2, 0) is 17.6 Å². The summed E-state index contributed by atoms with van der Waals surface area (Å²) in [5.74, 6) is -0.626. The third-order valence-corrected chi connectivity index (χ3v) is 5.24. The lowest BCUT2D eigenvalue weighted by Crippen LogP contribution is -2.45. The number of benzene rings is 1. The van der Waals surface area contributed by atoms with Gasteiger partial charge in [-0.15, -0.1) is 10.2 Å². The largest absolute Gasteiger partial charge is 0.459 e. The van der Waals surface area contributed by atoms with Gasteiger partial charge in [0.1, 0.15) is 11.0 Å². The molecule has 0 radical (unpaired) electrons. The van der Waals surface area contributed by atoms with Crippen molar-refractivity contribution >= 4 is 28.3 Å². The molecule has 2 aromatic heterocycles. The lowest BCUT2D eigenvalue weighted by Gasteiger charge is -2.17. The molecule has 2 amide bonds. The number of aryl methyl sites for hydroxylation is 1. The summed E-state index contributed by atoms with van der Waals surface area (Å²) in [6.07, 6.45) is 5.95. The monoisotopic (exact) mass is 412 g/mol. The second-order valence-corrected chi connectivity index (χ2v) is 7.70. The number of aromatic nitrogens is 2. The van der Waals surface area contributed by atoms with Gasteiger partial charge in [-0.1, -0.05) is 61.4 Å². The van der Waals surface area contributed by atoms with Gasteiger partial charge in [0, 0.05) is 12.8 Å². The Labute approximate surface area is 173 Å². The Bertz CT molecular complexity index is 909. The fourth-order valence-corrected chi connectivity index (χ4v) is 3.60. The second-order valence-electron chi connectivity index (χ2n) is 6.64. The van der Waals surface area contributed by atoms with E-state index in [-0.39, 0.29) is 11.7 Å². The summed E-state index contributed by atoms with van der Waals surface area (Å²) in [5, 5.41) is 15.1. The van der Waals surface area contributed by atoms with Crippen molar-refractivity contribution in [2.45, 2.75) is 45.1 Å². The highest BCUT2D eigenvalue weighted by atomic mass is 32.1. The first-order valence-electron chi connectivity index (χ1n) is 9.67. The van der Waals surface area contributed by atoms with E-state index in [0.29, 0.717) is 11.6 Å². The maximum absolute atomic E-state index is 12.9. The van der Waals surface area contributed by atoms with Crippen molar-refractivity contribution in [3.05, 3.63) is 65.1 Å². The van der Waals surface area contributed by atoms with E-state index < -0.39 is 11.9 Å². The summed E-state index contributed by atoms with van der Waals surface area (Å²) >= 11 is 1.37. The van der Waals surface area contributed by atoms with E-state index in [1.54, 1.807) is 12.1 Å². The molecule has 7 nitrogen and oxygen atoms in total. The smallest absolute Gasteiger partial charge is 0.287 e. The molecule has 0 aliphatic rings. The van der Waals surface area contributed by atoms with Gasteiger partial charge in [0.15, 0.2) is 5.76 Å². The molecule has 0 aliphatic carbocycles. The average Bonchev–Trinajstić information content (AvgIpc) is 3.41. The topological polar surface area (TPSA) is 97.1 Å². The molecule has 0 fully saturated rings. The van der Waals surface area contributed by atoms with Crippen molar-refractivity contribution in [1.82, 2.24) is 15.5 Å². The van der Waals surface area contributed by atoms with Gasteiger partial charge in [-0.3, -0.25) is 14.9 Å². The van der Waals surface area contributed by atoms with Gasteiger partial charge in [-0.05, 0) is 24.1 Å². The van der Waals surface area contributed by atoms with E-state index in [0.717, 1.165) is 36.3 Å². The van der Waals surface area contributed by atoms with Crippen LogP contribution in [0.2, 0.25) is 0 Å². The van der Waals surface area contributed by atoms with Gasteiger partial charge in [-0.25, -0.2) is 0 Å². The number of nitrogens with zero attached hydrogens (tertiary/aromatic N) is 2. The summed E-state index contributed by atoms with van der Waals surface area (Å²) in [6.45, 7) is 2.15. The molecule has 29 heavy (non-hydrogen) atoms. The number of furan rings is 1. The van der Waals surface area contributed by atoms with Gasteiger partial charge in [0.2, 0.25) is 11.0 Å². The molecule has 2 N–H and O–H groups in total. The van der Waals surface area contributed by atoms with E-state index in [9.17, 15) is 9.59 Å². The maximum atomic E-state index is 12.9. The van der Waals surface area contributed by atoms with Crippen molar-refractivity contribution in [3.63, 3.8) is 0 Å². The number of hydrogen-bond acceptors (Lipinski definition) is 6. The van der Waals surface area contributed by atoms with Crippen LogP contribution < -0.4 is 10.6 Å². The zero-order valence-corrected chi connectivity index (χ0v) is 17.1. The third-order valence-electron chi connectivity index (χ3n) is 4.34. The van der Waals surface area contributed by atoms with Crippen LogP contribution in [-0.4, -0.2) is 28.1 Å². The SMILES string of the molecule is CCCCCc1nnc(NC(=O)C(Cc2ccccc2)NC(=O)c2ccco2)s1. The van der Waals surface area contributed by atoms with Gasteiger partial charge < -0.3 is 9.73 Å². The third kappa shape index (κ3) is 6.25. The molecule has 3 aromatic rings. The Morgan fingerprint density at radius 1 is 1.10 bits per heavy atom. The van der Waals surface area contributed by atoms with E-state index in [1.807, 2.05) is 30.3 Å². The van der Waals surface area contributed by atoms with Crippen LogP contribution in [0.5, 0.6) is 0 Å². The van der Waals surface area contributed by atoms with Crippen molar-refractivity contribution < 1.29 is 14.0 Å². The van der Waals surface area contributed by atoms with Crippen LogP contribution in [0.25, 0.3) is 0 Å². The van der Waals surface area contributed by atoms with E-state index >= 15 is 0 Å². The number of rotatable bonds is 10. The molecular weight excluding hydrogens is 388 g/mol. The van der Waals surface area contributed by atoms with Gasteiger partial charge in [0.05, 0.1) is 6.26 Å². The Hall–Kier alpha value is -3.00. The highest BCUT2D eigenvalue weighted by Crippen LogP contribution is 2.18. The first-order chi connectivity index (χ1) is 14.2. The lowest BCUT2D eigenvalue weighted by molar-refractivity contribution is -0.118. The van der Waals surface area contributed by atoms with Gasteiger partial charge in [-0.2, -0.15) is 0 Å². The molecule has 1 unspecified atom stereocenters. The predicted octanol–water partition coefficient (Wildman–Crippen LogP) is 3.84. The van der Waals surface area contributed by atoms with Gasteiger partial charge in [0.25, 0.3) is 5.91 Å².